The number of carbonyl (C=O) groups excluding carboxylic acids is 1. The topological polar surface area (TPSA) is 34.5 Å². The van der Waals surface area contributed by atoms with E-state index in [1.54, 1.807) is 19.1 Å². The Morgan fingerprint density at radius 1 is 1.07 bits per heavy atom. The normalized spacial score (nSPS) is 17.0. The first-order valence-electron chi connectivity index (χ1n) is 9.59. The highest BCUT2D eigenvalue weighted by Gasteiger charge is 2.44. The molecule has 4 nitrogen and oxygen atoms in total. The molecule has 2 aliphatic rings. The highest BCUT2D eigenvalue weighted by molar-refractivity contribution is 5.94. The number of hydrogen-bond acceptors (Lipinski definition) is 2. The lowest BCUT2D eigenvalue weighted by molar-refractivity contribution is -0.00931. The zero-order valence-electron chi connectivity index (χ0n) is 15.7. The van der Waals surface area contributed by atoms with Crippen molar-refractivity contribution in [2.45, 2.75) is 25.4 Å². The summed E-state index contributed by atoms with van der Waals surface area (Å²) in [6.45, 7) is 2.88. The van der Waals surface area contributed by atoms with Crippen molar-refractivity contribution < 1.29 is 13.9 Å². The molecule has 1 aromatic heterocycles. The van der Waals surface area contributed by atoms with Crippen LogP contribution in [0.5, 0.6) is 5.75 Å². The van der Waals surface area contributed by atoms with Crippen molar-refractivity contribution in [3.05, 3.63) is 83.4 Å². The van der Waals surface area contributed by atoms with Crippen LogP contribution in [-0.4, -0.2) is 28.5 Å². The highest BCUT2D eigenvalue weighted by Crippen LogP contribution is 2.45. The first-order chi connectivity index (χ1) is 13.6. The van der Waals surface area contributed by atoms with Crippen LogP contribution < -0.4 is 4.74 Å². The predicted octanol–water partition coefficient (Wildman–Crippen LogP) is 4.45. The number of para-hydroxylation sites is 2. The summed E-state index contributed by atoms with van der Waals surface area (Å²) in [5, 5.41) is 0. The van der Waals surface area contributed by atoms with Crippen molar-refractivity contribution in [1.29, 1.82) is 0 Å². The van der Waals surface area contributed by atoms with E-state index >= 15 is 0 Å². The maximum Gasteiger partial charge on any atom is 0.253 e. The highest BCUT2D eigenvalue weighted by atomic mass is 19.1. The summed E-state index contributed by atoms with van der Waals surface area (Å²) in [6.07, 6.45) is 3.51. The fraction of sp³-hybridized carbons (Fsp3) is 0.261. The molecule has 0 aliphatic carbocycles. The van der Waals surface area contributed by atoms with Gasteiger partial charge in [-0.15, -0.1) is 0 Å². The number of halogens is 1. The molecule has 142 valence electrons. The zero-order valence-corrected chi connectivity index (χ0v) is 15.7. The molecule has 3 aromatic rings. The van der Waals surface area contributed by atoms with E-state index in [-0.39, 0.29) is 11.7 Å². The summed E-state index contributed by atoms with van der Waals surface area (Å²) < 4.78 is 22.2. The van der Waals surface area contributed by atoms with Gasteiger partial charge in [0.05, 0.1) is 11.4 Å². The third-order valence-electron chi connectivity index (χ3n) is 5.91. The van der Waals surface area contributed by atoms with E-state index in [4.69, 9.17) is 4.74 Å². The minimum atomic E-state index is -0.423. The molecule has 1 fully saturated rings. The second-order valence-electron chi connectivity index (χ2n) is 7.58. The second kappa shape index (κ2) is 6.23. The number of nitrogens with zero attached hydrogens (tertiary/aromatic N) is 2. The van der Waals surface area contributed by atoms with E-state index < -0.39 is 5.60 Å². The van der Waals surface area contributed by atoms with Crippen LogP contribution in [0.3, 0.4) is 0 Å². The lowest BCUT2D eigenvalue weighted by atomic mass is 9.86. The lowest BCUT2D eigenvalue weighted by Crippen LogP contribution is -2.50. The van der Waals surface area contributed by atoms with Crippen molar-refractivity contribution in [3.63, 3.8) is 0 Å². The fourth-order valence-electron chi connectivity index (χ4n) is 4.36. The van der Waals surface area contributed by atoms with Crippen LogP contribution in [0.15, 0.2) is 60.8 Å². The lowest BCUT2D eigenvalue weighted by Gasteiger charge is -2.45. The average Bonchev–Trinajstić information content (AvgIpc) is 3.22. The van der Waals surface area contributed by atoms with Crippen molar-refractivity contribution in [3.8, 4) is 11.4 Å². The van der Waals surface area contributed by atoms with Crippen LogP contribution in [0.1, 0.15) is 34.5 Å². The predicted molar refractivity (Wildman–Crippen MR) is 104 cm³/mol. The number of fused-ring (bicyclic) bond motifs is 4. The quantitative estimate of drug-likeness (QED) is 0.629. The van der Waals surface area contributed by atoms with Crippen molar-refractivity contribution in [1.82, 2.24) is 9.47 Å². The summed E-state index contributed by atoms with van der Waals surface area (Å²) in [6, 6.07) is 16.8. The van der Waals surface area contributed by atoms with Crippen LogP contribution in [0.25, 0.3) is 5.69 Å². The molecule has 1 amide bonds. The summed E-state index contributed by atoms with van der Waals surface area (Å²) >= 11 is 0. The summed E-state index contributed by atoms with van der Waals surface area (Å²) in [5.41, 5.74) is 2.79. The number of rotatable bonds is 1. The number of hydrogen-bond donors (Lipinski definition) is 0. The van der Waals surface area contributed by atoms with Gasteiger partial charge in [-0.25, -0.2) is 4.39 Å². The van der Waals surface area contributed by atoms with Crippen molar-refractivity contribution in [2.24, 2.45) is 0 Å². The van der Waals surface area contributed by atoms with Gasteiger partial charge in [0.25, 0.3) is 5.91 Å². The molecule has 0 radical (unpaired) electrons. The van der Waals surface area contributed by atoms with Gasteiger partial charge in [0.15, 0.2) is 5.60 Å². The largest absolute Gasteiger partial charge is 0.479 e. The number of aryl methyl sites for hydroxylation is 1. The fourth-order valence-corrected chi connectivity index (χ4v) is 4.36. The minimum absolute atomic E-state index is 0.0513. The van der Waals surface area contributed by atoms with Gasteiger partial charge in [-0.05, 0) is 55.0 Å². The van der Waals surface area contributed by atoms with Crippen molar-refractivity contribution in [2.75, 3.05) is 13.1 Å². The molecule has 0 N–H and O–H groups in total. The van der Waals surface area contributed by atoms with E-state index in [0.717, 1.165) is 30.0 Å². The Kier molecular flexibility index (Phi) is 3.79. The second-order valence-corrected chi connectivity index (χ2v) is 7.58. The Morgan fingerprint density at radius 3 is 2.64 bits per heavy atom. The average molecular weight is 376 g/mol. The Labute approximate surface area is 163 Å². The van der Waals surface area contributed by atoms with Gasteiger partial charge in [-0.3, -0.25) is 4.79 Å². The number of piperidine rings is 1. The minimum Gasteiger partial charge on any atom is -0.479 e. The van der Waals surface area contributed by atoms with E-state index in [2.05, 4.69) is 22.9 Å². The third-order valence-corrected chi connectivity index (χ3v) is 5.91. The van der Waals surface area contributed by atoms with Crippen LogP contribution in [0.2, 0.25) is 0 Å². The van der Waals surface area contributed by atoms with E-state index in [9.17, 15) is 9.18 Å². The number of amides is 1. The first-order valence-corrected chi connectivity index (χ1v) is 9.59. The number of ether oxygens (including phenoxy) is 1. The monoisotopic (exact) mass is 376 g/mol. The SMILES string of the molecule is Cc1cc(C(=O)N2CCC3(CC2)Oc2ccccc2-n2cccc23)ccc1F. The maximum absolute atomic E-state index is 13.5. The molecule has 5 heteroatoms. The number of carbonyl (C=O) groups is 1. The number of aromatic nitrogens is 1. The molecule has 1 spiro atoms. The van der Waals surface area contributed by atoms with Crippen LogP contribution in [0.4, 0.5) is 4.39 Å². The molecule has 0 atom stereocenters. The Morgan fingerprint density at radius 2 is 1.86 bits per heavy atom. The van der Waals surface area contributed by atoms with Gasteiger partial charge >= 0.3 is 0 Å². The summed E-state index contributed by atoms with van der Waals surface area (Å²) in [4.78, 5) is 14.7. The van der Waals surface area contributed by atoms with Gasteiger partial charge in [0, 0.05) is 37.7 Å². The zero-order chi connectivity index (χ0) is 19.3. The van der Waals surface area contributed by atoms with Gasteiger partial charge in [-0.2, -0.15) is 0 Å². The van der Waals surface area contributed by atoms with E-state index in [0.29, 0.717) is 24.2 Å². The molecule has 0 unspecified atom stereocenters. The summed E-state index contributed by atoms with van der Waals surface area (Å²) in [5.74, 6) is 0.536. The molecule has 1 saturated heterocycles. The van der Waals surface area contributed by atoms with Gasteiger partial charge in [-0.1, -0.05) is 12.1 Å². The Balaban J connectivity index is 1.40. The smallest absolute Gasteiger partial charge is 0.253 e. The Hall–Kier alpha value is -3.08. The van der Waals surface area contributed by atoms with Crippen LogP contribution >= 0.6 is 0 Å². The molecule has 0 saturated carbocycles. The molecular formula is C23H21FN2O2. The van der Waals surface area contributed by atoms with Crippen molar-refractivity contribution >= 4 is 5.91 Å². The van der Waals surface area contributed by atoms with E-state index in [1.807, 2.05) is 29.2 Å². The number of benzene rings is 2. The molecule has 2 aromatic carbocycles. The molecule has 0 bridgehead atoms. The third kappa shape index (κ3) is 2.53. The first kappa shape index (κ1) is 17.0. The Bertz CT molecular complexity index is 1060. The summed E-state index contributed by atoms with van der Waals surface area (Å²) in [7, 11) is 0. The number of likely N-dealkylation sites (tertiary alicyclic amines) is 1. The van der Waals surface area contributed by atoms with Gasteiger partial charge in [0.1, 0.15) is 11.6 Å². The van der Waals surface area contributed by atoms with E-state index in [1.165, 1.54) is 6.07 Å². The van der Waals surface area contributed by atoms with Crippen LogP contribution in [-0.2, 0) is 5.60 Å². The van der Waals surface area contributed by atoms with Gasteiger partial charge in [0.2, 0.25) is 0 Å². The molecule has 2 aliphatic heterocycles. The van der Waals surface area contributed by atoms with Crippen LogP contribution in [0, 0.1) is 12.7 Å². The molecule has 28 heavy (non-hydrogen) atoms. The maximum atomic E-state index is 13.5. The standard InChI is InChI=1S/C23H21FN2O2/c1-16-15-17(8-9-18(16)24)22(27)25-13-10-23(11-14-25)21-7-4-12-26(21)19-5-2-3-6-20(19)28-23/h2-9,12,15H,10-11,13-14H2,1H3. The molecule has 5 rings (SSSR count). The van der Waals surface area contributed by atoms with Gasteiger partial charge < -0.3 is 14.2 Å². The molecular weight excluding hydrogens is 355 g/mol. The molecule has 3 heterocycles.